The van der Waals surface area contributed by atoms with E-state index in [-0.39, 0.29) is 30.1 Å². The molecule has 12 heteroatoms. The van der Waals surface area contributed by atoms with Gasteiger partial charge in [-0.2, -0.15) is 0 Å². The average molecular weight is 611 g/mol. The van der Waals surface area contributed by atoms with Gasteiger partial charge in [-0.05, 0) is 75.9 Å². The van der Waals surface area contributed by atoms with Gasteiger partial charge in [0.25, 0.3) is 0 Å². The van der Waals surface area contributed by atoms with Gasteiger partial charge in [-0.15, -0.1) is 0 Å². The predicted molar refractivity (Wildman–Crippen MR) is 147 cm³/mol. The summed E-state index contributed by atoms with van der Waals surface area (Å²) in [5.41, 5.74) is -3.66. The molecular formula is C32H34O12. The average Bonchev–Trinajstić information content (AvgIpc) is 3.77. The summed E-state index contributed by atoms with van der Waals surface area (Å²) in [7, 11) is 0. The highest BCUT2D eigenvalue weighted by Crippen LogP contribution is 2.68. The number of carbonyl (C=O) groups is 4. The first-order chi connectivity index (χ1) is 20.9. The summed E-state index contributed by atoms with van der Waals surface area (Å²) in [5.74, 6) is -3.80. The van der Waals surface area contributed by atoms with Crippen molar-refractivity contribution in [1.29, 1.82) is 0 Å². The Morgan fingerprint density at radius 1 is 0.727 bits per heavy atom. The molecule has 0 unspecified atom stereocenters. The highest BCUT2D eigenvalue weighted by atomic mass is 16.6. The van der Waals surface area contributed by atoms with Gasteiger partial charge in [0.2, 0.25) is 17.3 Å². The van der Waals surface area contributed by atoms with E-state index >= 15 is 0 Å². The summed E-state index contributed by atoms with van der Waals surface area (Å²) in [6.45, 7) is 8.65. The first kappa shape index (κ1) is 29.7. The van der Waals surface area contributed by atoms with Crippen LogP contribution in [0.1, 0.15) is 79.1 Å². The molecule has 0 aromatic carbocycles. The molecule has 3 aromatic heterocycles. The Hall–Kier alpha value is -4.32. The normalized spacial score (nSPS) is 33.6. The zero-order valence-corrected chi connectivity index (χ0v) is 25.0. The number of esters is 4. The fourth-order valence-corrected chi connectivity index (χ4v) is 7.70. The first-order valence-corrected chi connectivity index (χ1v) is 14.5. The second-order valence-corrected chi connectivity index (χ2v) is 12.4. The van der Waals surface area contributed by atoms with Crippen LogP contribution in [0.4, 0.5) is 0 Å². The summed E-state index contributed by atoms with van der Waals surface area (Å²) in [4.78, 5) is 52.5. The topological polar surface area (TPSA) is 154 Å². The van der Waals surface area contributed by atoms with Crippen LogP contribution in [-0.2, 0) is 28.5 Å². The van der Waals surface area contributed by atoms with E-state index in [9.17, 15) is 19.2 Å². The van der Waals surface area contributed by atoms with Crippen molar-refractivity contribution >= 4 is 23.9 Å². The zero-order valence-electron chi connectivity index (χ0n) is 25.0. The maximum atomic E-state index is 13.4. The minimum Gasteiger partial charge on any atom is -0.458 e. The van der Waals surface area contributed by atoms with Crippen molar-refractivity contribution in [3.63, 3.8) is 0 Å². The molecule has 1 spiro atoms. The van der Waals surface area contributed by atoms with Gasteiger partial charge in [0.05, 0.1) is 29.8 Å². The van der Waals surface area contributed by atoms with Gasteiger partial charge in [0.15, 0.2) is 6.10 Å². The van der Waals surface area contributed by atoms with Crippen molar-refractivity contribution in [2.45, 2.75) is 83.1 Å². The lowest BCUT2D eigenvalue weighted by Crippen LogP contribution is -2.76. The molecule has 0 N–H and O–H groups in total. The molecule has 12 nitrogen and oxygen atoms in total. The van der Waals surface area contributed by atoms with Gasteiger partial charge in [-0.1, -0.05) is 6.92 Å². The third-order valence-corrected chi connectivity index (χ3v) is 9.54. The lowest BCUT2D eigenvalue weighted by molar-refractivity contribution is -0.300. The molecule has 0 amide bonds. The molecule has 4 heterocycles. The monoisotopic (exact) mass is 610 g/mol. The molecule has 2 aliphatic carbocycles. The van der Waals surface area contributed by atoms with E-state index in [1.807, 2.05) is 20.8 Å². The number of rotatable bonds is 7. The van der Waals surface area contributed by atoms with E-state index in [2.05, 4.69) is 0 Å². The van der Waals surface area contributed by atoms with Crippen molar-refractivity contribution in [1.82, 2.24) is 0 Å². The number of carbonyl (C=O) groups excluding carboxylic acids is 4. The van der Waals surface area contributed by atoms with Gasteiger partial charge in [0.1, 0.15) is 23.9 Å². The van der Waals surface area contributed by atoms with Crippen molar-refractivity contribution in [3.8, 4) is 0 Å². The minimum absolute atomic E-state index is 0.0110. The maximum absolute atomic E-state index is 13.4. The largest absolute Gasteiger partial charge is 0.458 e. The molecule has 3 fully saturated rings. The lowest BCUT2D eigenvalue weighted by atomic mass is 9.48. The second kappa shape index (κ2) is 10.7. The molecule has 1 aliphatic heterocycles. The third kappa shape index (κ3) is 4.54. The van der Waals surface area contributed by atoms with Crippen LogP contribution in [-0.4, -0.2) is 59.5 Å². The van der Waals surface area contributed by atoms with Crippen LogP contribution < -0.4 is 0 Å². The van der Waals surface area contributed by atoms with Gasteiger partial charge in [-0.3, -0.25) is 4.79 Å². The molecule has 8 atom stereocenters. The zero-order chi connectivity index (χ0) is 31.4. The number of hydrogen-bond donors (Lipinski definition) is 0. The summed E-state index contributed by atoms with van der Waals surface area (Å²) in [5, 5.41) is 0. The first-order valence-electron chi connectivity index (χ1n) is 14.5. The Balaban J connectivity index is 1.48. The number of fused-ring (bicyclic) bond motifs is 1. The molecule has 2 bridgehead atoms. The Labute approximate surface area is 252 Å². The van der Waals surface area contributed by atoms with Crippen LogP contribution in [0.2, 0.25) is 0 Å². The Kier molecular flexibility index (Phi) is 7.22. The van der Waals surface area contributed by atoms with E-state index in [1.54, 1.807) is 25.1 Å². The molecule has 234 valence electrons. The molecule has 0 radical (unpaired) electrons. The van der Waals surface area contributed by atoms with Gasteiger partial charge >= 0.3 is 23.9 Å². The SMILES string of the molecule is CC(=O)O[C@H]1[C@@H](OC(=O)c2ccco2)C[C@@H](C)[C@]23OC(C)(C)[C@H](C[C@H](OC(=O)c4ccco4)[C@]12C)[C@H]3OC(=O)c1ccco1. The lowest BCUT2D eigenvalue weighted by Gasteiger charge is -2.62. The summed E-state index contributed by atoms with van der Waals surface area (Å²) < 4.78 is 47.2. The minimum atomic E-state index is -1.41. The molecule has 1 saturated heterocycles. The summed E-state index contributed by atoms with van der Waals surface area (Å²) >= 11 is 0. The second-order valence-electron chi connectivity index (χ2n) is 12.4. The van der Waals surface area contributed by atoms with E-state index in [0.717, 1.165) is 0 Å². The highest BCUT2D eigenvalue weighted by Gasteiger charge is 2.80. The van der Waals surface area contributed by atoms with Crippen LogP contribution in [0.3, 0.4) is 0 Å². The van der Waals surface area contributed by atoms with E-state index in [4.69, 9.17) is 36.9 Å². The molecule has 3 aromatic rings. The molecule has 6 rings (SSSR count). The smallest absolute Gasteiger partial charge is 0.374 e. The van der Waals surface area contributed by atoms with E-state index < -0.39 is 76.7 Å². The molecule has 2 saturated carbocycles. The fraction of sp³-hybridized carbons (Fsp3) is 0.500. The number of furan rings is 3. The summed E-state index contributed by atoms with van der Waals surface area (Å²) in [6, 6.07) is 9.14. The van der Waals surface area contributed by atoms with Crippen LogP contribution >= 0.6 is 0 Å². The van der Waals surface area contributed by atoms with Crippen LogP contribution in [0, 0.1) is 17.3 Å². The maximum Gasteiger partial charge on any atom is 0.374 e. The van der Waals surface area contributed by atoms with Crippen molar-refractivity contribution in [3.05, 3.63) is 72.5 Å². The van der Waals surface area contributed by atoms with Crippen LogP contribution in [0.5, 0.6) is 0 Å². The Morgan fingerprint density at radius 3 is 1.75 bits per heavy atom. The number of hydrogen-bond acceptors (Lipinski definition) is 12. The van der Waals surface area contributed by atoms with Crippen molar-refractivity contribution < 1.29 is 56.1 Å². The standard InChI is InChI=1S/C32H34O12/c1-17-15-23(41-27(34)20-9-6-12-37-20)26(40-18(2)33)31(5)24(42-28(35)21-10-7-13-38-21)16-19-25(32(17,31)44-30(19,3)4)43-29(36)22-11-8-14-39-22/h6-14,17,19,23-26H,15-16H2,1-5H3/t17-,19-,23+,24+,25-,26+,31-,32-/m1/s1. The van der Waals surface area contributed by atoms with Crippen LogP contribution in [0.15, 0.2) is 68.4 Å². The molecule has 44 heavy (non-hydrogen) atoms. The van der Waals surface area contributed by atoms with E-state index in [1.165, 1.54) is 43.9 Å². The van der Waals surface area contributed by atoms with Gasteiger partial charge < -0.3 is 36.9 Å². The molecular weight excluding hydrogens is 576 g/mol. The predicted octanol–water partition coefficient (Wildman–Crippen LogP) is 4.99. The van der Waals surface area contributed by atoms with Gasteiger partial charge in [0, 0.05) is 12.8 Å². The van der Waals surface area contributed by atoms with Crippen LogP contribution in [0.25, 0.3) is 0 Å². The summed E-state index contributed by atoms with van der Waals surface area (Å²) in [6.07, 6.45) is 0.370. The fourth-order valence-electron chi connectivity index (χ4n) is 7.70. The number of ether oxygens (including phenoxy) is 5. The highest BCUT2D eigenvalue weighted by molar-refractivity contribution is 5.87. The van der Waals surface area contributed by atoms with E-state index in [0.29, 0.717) is 0 Å². The van der Waals surface area contributed by atoms with Crippen molar-refractivity contribution in [2.75, 3.05) is 0 Å². The Bertz CT molecular complexity index is 1520. The molecule has 3 aliphatic rings. The van der Waals surface area contributed by atoms with Crippen molar-refractivity contribution in [2.24, 2.45) is 17.3 Å². The third-order valence-electron chi connectivity index (χ3n) is 9.54. The van der Waals surface area contributed by atoms with Gasteiger partial charge in [-0.25, -0.2) is 14.4 Å². The quantitative estimate of drug-likeness (QED) is 0.262. The Morgan fingerprint density at radius 2 is 1.25 bits per heavy atom.